The van der Waals surface area contributed by atoms with E-state index in [-0.39, 0.29) is 16.7 Å². The van der Waals surface area contributed by atoms with Gasteiger partial charge in [0, 0.05) is 5.56 Å². The number of ether oxygens (including phenoxy) is 3. The van der Waals surface area contributed by atoms with Gasteiger partial charge in [-0.15, -0.1) is 0 Å². The number of nitrogens with zero attached hydrogens (tertiary/aromatic N) is 1. The third-order valence-corrected chi connectivity index (χ3v) is 4.32. The van der Waals surface area contributed by atoms with E-state index < -0.39 is 11.8 Å². The summed E-state index contributed by atoms with van der Waals surface area (Å²) in [5.74, 6) is -0.127. The quantitative estimate of drug-likeness (QED) is 0.247. The molecule has 0 atom stereocenters. The van der Waals surface area contributed by atoms with Crippen LogP contribution >= 0.6 is 0 Å². The Morgan fingerprint density at radius 3 is 2.13 bits per heavy atom. The minimum Gasteiger partial charge on any atom is -0.496 e. The standard InChI is InChI=1S/C24H18FNO4/c1-28-21-8-5-9-22(29-2)23(21)24(27)30-18-12-10-16(11-13-18)14-17(15-26)19-6-3-4-7-20(19)25/h3-14H,1-2H3/b17-14-. The number of methoxy groups -OCH3 is 2. The summed E-state index contributed by atoms with van der Waals surface area (Å²) >= 11 is 0. The Morgan fingerprint density at radius 1 is 0.933 bits per heavy atom. The molecule has 0 aliphatic carbocycles. The molecule has 0 spiro atoms. The highest BCUT2D eigenvalue weighted by Gasteiger charge is 2.20. The fraction of sp³-hybridized carbons (Fsp3) is 0.0833. The van der Waals surface area contributed by atoms with Gasteiger partial charge in [-0.05, 0) is 42.0 Å². The average Bonchev–Trinajstić information content (AvgIpc) is 2.78. The fourth-order valence-corrected chi connectivity index (χ4v) is 2.86. The molecule has 0 unspecified atom stereocenters. The molecule has 150 valence electrons. The Labute approximate surface area is 173 Å². The van der Waals surface area contributed by atoms with Crippen LogP contribution in [-0.2, 0) is 0 Å². The van der Waals surface area contributed by atoms with Crippen molar-refractivity contribution in [3.8, 4) is 23.3 Å². The molecule has 3 aromatic carbocycles. The third-order valence-electron chi connectivity index (χ3n) is 4.32. The third kappa shape index (κ3) is 4.47. The molecule has 0 amide bonds. The van der Waals surface area contributed by atoms with Gasteiger partial charge in [0.15, 0.2) is 0 Å². The Balaban J connectivity index is 1.83. The maximum Gasteiger partial charge on any atom is 0.351 e. The van der Waals surface area contributed by atoms with Crippen LogP contribution in [0.25, 0.3) is 11.6 Å². The minimum atomic E-state index is -0.628. The van der Waals surface area contributed by atoms with Crippen molar-refractivity contribution in [1.82, 2.24) is 0 Å². The highest BCUT2D eigenvalue weighted by atomic mass is 19.1. The SMILES string of the molecule is COc1cccc(OC)c1C(=O)Oc1ccc(/C=C(/C#N)c2ccccc2F)cc1. The lowest BCUT2D eigenvalue weighted by Crippen LogP contribution is -2.11. The summed E-state index contributed by atoms with van der Waals surface area (Å²) in [6, 6.07) is 19.6. The van der Waals surface area contributed by atoms with E-state index in [1.54, 1.807) is 66.7 Å². The van der Waals surface area contributed by atoms with Crippen LogP contribution in [0.15, 0.2) is 66.7 Å². The van der Waals surface area contributed by atoms with Crippen molar-refractivity contribution in [2.45, 2.75) is 0 Å². The second-order valence-corrected chi connectivity index (χ2v) is 6.15. The van der Waals surface area contributed by atoms with Gasteiger partial charge in [0.25, 0.3) is 0 Å². The normalized spacial score (nSPS) is 10.8. The van der Waals surface area contributed by atoms with Crippen molar-refractivity contribution in [2.24, 2.45) is 0 Å². The number of benzene rings is 3. The molecule has 3 rings (SSSR count). The van der Waals surface area contributed by atoms with Gasteiger partial charge in [0.2, 0.25) is 0 Å². The van der Waals surface area contributed by atoms with Crippen molar-refractivity contribution in [2.75, 3.05) is 14.2 Å². The van der Waals surface area contributed by atoms with Gasteiger partial charge in [-0.25, -0.2) is 9.18 Å². The van der Waals surface area contributed by atoms with Crippen molar-refractivity contribution in [3.63, 3.8) is 0 Å². The zero-order valence-electron chi connectivity index (χ0n) is 16.4. The molecule has 30 heavy (non-hydrogen) atoms. The Morgan fingerprint density at radius 2 is 1.57 bits per heavy atom. The summed E-state index contributed by atoms with van der Waals surface area (Å²) in [5, 5.41) is 9.39. The Bertz CT molecular complexity index is 1110. The highest BCUT2D eigenvalue weighted by Crippen LogP contribution is 2.30. The summed E-state index contributed by atoms with van der Waals surface area (Å²) in [4.78, 5) is 12.6. The molecule has 0 saturated carbocycles. The number of allylic oxidation sites excluding steroid dienone is 1. The van der Waals surface area contributed by atoms with Gasteiger partial charge in [-0.3, -0.25) is 0 Å². The van der Waals surface area contributed by atoms with Crippen molar-refractivity contribution in [3.05, 3.63) is 89.2 Å². The van der Waals surface area contributed by atoms with Crippen molar-refractivity contribution >= 4 is 17.6 Å². The molecule has 0 aliphatic heterocycles. The first-order chi connectivity index (χ1) is 14.6. The number of nitriles is 1. The van der Waals surface area contributed by atoms with Crippen LogP contribution in [0, 0.1) is 17.1 Å². The van der Waals surface area contributed by atoms with E-state index in [4.69, 9.17) is 14.2 Å². The van der Waals surface area contributed by atoms with Crippen LogP contribution in [0.5, 0.6) is 17.2 Å². The van der Waals surface area contributed by atoms with Gasteiger partial charge in [0.1, 0.15) is 28.6 Å². The summed E-state index contributed by atoms with van der Waals surface area (Å²) in [6.07, 6.45) is 1.56. The zero-order chi connectivity index (χ0) is 21.5. The maximum atomic E-state index is 14.0. The molecule has 0 fully saturated rings. The highest BCUT2D eigenvalue weighted by molar-refractivity contribution is 5.97. The van der Waals surface area contributed by atoms with E-state index in [2.05, 4.69) is 0 Å². The van der Waals surface area contributed by atoms with E-state index in [9.17, 15) is 14.4 Å². The van der Waals surface area contributed by atoms with Crippen LogP contribution in [-0.4, -0.2) is 20.2 Å². The molecule has 5 nitrogen and oxygen atoms in total. The molecule has 0 aliphatic rings. The maximum absolute atomic E-state index is 14.0. The lowest BCUT2D eigenvalue weighted by molar-refractivity contribution is 0.0727. The van der Waals surface area contributed by atoms with E-state index in [1.165, 1.54) is 20.3 Å². The zero-order valence-corrected chi connectivity index (χ0v) is 16.4. The average molecular weight is 403 g/mol. The summed E-state index contributed by atoms with van der Waals surface area (Å²) in [7, 11) is 2.91. The second kappa shape index (κ2) is 9.39. The summed E-state index contributed by atoms with van der Waals surface area (Å²) in [6.45, 7) is 0. The monoisotopic (exact) mass is 403 g/mol. The molecular formula is C24H18FNO4. The van der Waals surface area contributed by atoms with Crippen LogP contribution < -0.4 is 14.2 Å². The lowest BCUT2D eigenvalue weighted by atomic mass is 10.0. The molecule has 0 bridgehead atoms. The van der Waals surface area contributed by atoms with E-state index in [0.29, 0.717) is 22.8 Å². The van der Waals surface area contributed by atoms with Crippen molar-refractivity contribution < 1.29 is 23.4 Å². The first-order valence-corrected chi connectivity index (χ1v) is 8.97. The van der Waals surface area contributed by atoms with Crippen LogP contribution in [0.4, 0.5) is 4.39 Å². The van der Waals surface area contributed by atoms with Crippen molar-refractivity contribution in [1.29, 1.82) is 5.26 Å². The predicted octanol–water partition coefficient (Wildman–Crippen LogP) is 5.13. The van der Waals surface area contributed by atoms with E-state index in [1.807, 2.05) is 6.07 Å². The number of hydrogen-bond donors (Lipinski definition) is 0. The van der Waals surface area contributed by atoms with Gasteiger partial charge < -0.3 is 14.2 Å². The molecule has 0 N–H and O–H groups in total. The molecule has 0 saturated heterocycles. The Kier molecular flexibility index (Phi) is 6.46. The summed E-state index contributed by atoms with van der Waals surface area (Å²) < 4.78 is 29.8. The largest absolute Gasteiger partial charge is 0.496 e. The number of carbonyl (C=O) groups is 1. The second-order valence-electron chi connectivity index (χ2n) is 6.15. The molecule has 0 radical (unpaired) electrons. The smallest absolute Gasteiger partial charge is 0.351 e. The number of rotatable bonds is 6. The molecular weight excluding hydrogens is 385 g/mol. The fourth-order valence-electron chi connectivity index (χ4n) is 2.86. The Hall–Kier alpha value is -4.11. The van der Waals surface area contributed by atoms with E-state index >= 15 is 0 Å². The molecule has 6 heteroatoms. The molecule has 3 aromatic rings. The number of carbonyl (C=O) groups excluding carboxylic acids is 1. The first-order valence-electron chi connectivity index (χ1n) is 8.97. The van der Waals surface area contributed by atoms with Crippen LogP contribution in [0.1, 0.15) is 21.5 Å². The van der Waals surface area contributed by atoms with Gasteiger partial charge >= 0.3 is 5.97 Å². The molecule has 0 heterocycles. The van der Waals surface area contributed by atoms with Gasteiger partial charge in [-0.2, -0.15) is 5.26 Å². The minimum absolute atomic E-state index is 0.179. The number of hydrogen-bond acceptors (Lipinski definition) is 5. The lowest BCUT2D eigenvalue weighted by Gasteiger charge is -2.12. The predicted molar refractivity (Wildman–Crippen MR) is 111 cm³/mol. The van der Waals surface area contributed by atoms with Crippen LogP contribution in [0.3, 0.4) is 0 Å². The van der Waals surface area contributed by atoms with Crippen LogP contribution in [0.2, 0.25) is 0 Å². The number of halogens is 1. The first kappa shape index (κ1) is 20.6. The molecule has 0 aromatic heterocycles. The number of esters is 1. The van der Waals surface area contributed by atoms with E-state index in [0.717, 1.165) is 0 Å². The van der Waals surface area contributed by atoms with Gasteiger partial charge in [0.05, 0.1) is 25.9 Å². The topological polar surface area (TPSA) is 68.6 Å². The van der Waals surface area contributed by atoms with Gasteiger partial charge in [-0.1, -0.05) is 36.4 Å². The summed E-state index contributed by atoms with van der Waals surface area (Å²) in [5.41, 5.74) is 1.25.